The fraction of sp³-hybridized carbons (Fsp3) is 0.368. The molecule has 3 rings (SSSR count). The van der Waals surface area contributed by atoms with Gasteiger partial charge in [-0.15, -0.1) is 0 Å². The number of aromatic nitrogens is 2. The van der Waals surface area contributed by atoms with Gasteiger partial charge in [-0.2, -0.15) is 0 Å². The zero-order chi connectivity index (χ0) is 19.4. The number of hydrogen-bond donors (Lipinski definition) is 1. The third kappa shape index (κ3) is 4.40. The molecule has 142 valence electrons. The Morgan fingerprint density at radius 3 is 2.41 bits per heavy atom. The smallest absolute Gasteiger partial charge is 0.257 e. The van der Waals surface area contributed by atoms with E-state index in [1.165, 1.54) is 17.3 Å². The fourth-order valence-electron chi connectivity index (χ4n) is 3.14. The highest BCUT2D eigenvalue weighted by molar-refractivity contribution is 5.97. The first-order valence-corrected chi connectivity index (χ1v) is 8.81. The van der Waals surface area contributed by atoms with Gasteiger partial charge in [-0.25, -0.2) is 9.97 Å². The molecule has 1 atom stereocenters. The third-order valence-electron chi connectivity index (χ3n) is 4.59. The number of nitrogens with two attached hydrogens (primary N) is 1. The SMILES string of the molecule is CN(C)c1ncc(C(=O)N2CCN(Cc3ccccc3)CC2C(N)=O)cn1. The van der Waals surface area contributed by atoms with Gasteiger partial charge < -0.3 is 15.5 Å². The molecule has 0 saturated carbocycles. The molecule has 1 aromatic heterocycles. The predicted octanol–water partition coefficient (Wildman–Crippen LogP) is 0.355. The average molecular weight is 368 g/mol. The Hall–Kier alpha value is -3.00. The standard InChI is InChI=1S/C19H24N6O2/c1-23(2)19-21-10-15(11-22-19)18(27)25-9-8-24(13-16(25)17(20)26)12-14-6-4-3-5-7-14/h3-7,10-11,16H,8-9,12-13H2,1-2H3,(H2,20,26). The van der Waals surface area contributed by atoms with Crippen LogP contribution < -0.4 is 10.6 Å². The van der Waals surface area contributed by atoms with Crippen LogP contribution >= 0.6 is 0 Å². The summed E-state index contributed by atoms with van der Waals surface area (Å²) in [6.07, 6.45) is 2.97. The number of primary amides is 1. The lowest BCUT2D eigenvalue weighted by atomic mass is 10.1. The first-order valence-electron chi connectivity index (χ1n) is 8.81. The highest BCUT2D eigenvalue weighted by atomic mass is 16.2. The first-order chi connectivity index (χ1) is 13.0. The number of anilines is 1. The third-order valence-corrected chi connectivity index (χ3v) is 4.59. The second kappa shape index (κ2) is 8.13. The molecule has 1 aliphatic rings. The fourth-order valence-corrected chi connectivity index (χ4v) is 3.14. The van der Waals surface area contributed by atoms with Gasteiger partial charge in [0.2, 0.25) is 11.9 Å². The minimum Gasteiger partial charge on any atom is -0.368 e. The molecule has 1 saturated heterocycles. The number of carbonyl (C=O) groups is 2. The lowest BCUT2D eigenvalue weighted by Gasteiger charge is -2.39. The van der Waals surface area contributed by atoms with Gasteiger partial charge >= 0.3 is 0 Å². The highest BCUT2D eigenvalue weighted by Gasteiger charge is 2.34. The Labute approximate surface area is 158 Å². The second-order valence-corrected chi connectivity index (χ2v) is 6.80. The maximum atomic E-state index is 12.9. The van der Waals surface area contributed by atoms with Crippen molar-refractivity contribution in [3.8, 4) is 0 Å². The summed E-state index contributed by atoms with van der Waals surface area (Å²) in [5.41, 5.74) is 7.11. The summed E-state index contributed by atoms with van der Waals surface area (Å²) in [5, 5.41) is 0. The molecule has 1 fully saturated rings. The van der Waals surface area contributed by atoms with E-state index in [1.54, 1.807) is 4.90 Å². The summed E-state index contributed by atoms with van der Waals surface area (Å²) < 4.78 is 0. The van der Waals surface area contributed by atoms with E-state index in [2.05, 4.69) is 14.9 Å². The van der Waals surface area contributed by atoms with Crippen molar-refractivity contribution in [1.29, 1.82) is 0 Å². The Kier molecular flexibility index (Phi) is 5.66. The van der Waals surface area contributed by atoms with Crippen LogP contribution in [-0.4, -0.2) is 71.4 Å². The highest BCUT2D eigenvalue weighted by Crippen LogP contribution is 2.16. The predicted molar refractivity (Wildman–Crippen MR) is 102 cm³/mol. The maximum Gasteiger partial charge on any atom is 0.257 e. The van der Waals surface area contributed by atoms with Crippen LogP contribution in [0, 0.1) is 0 Å². The molecule has 0 spiro atoms. The maximum absolute atomic E-state index is 12.9. The van der Waals surface area contributed by atoms with Gasteiger partial charge in [0.05, 0.1) is 5.56 Å². The number of piperazine rings is 1. The number of benzene rings is 1. The van der Waals surface area contributed by atoms with Gasteiger partial charge in [0, 0.05) is 52.7 Å². The summed E-state index contributed by atoms with van der Waals surface area (Å²) in [6.45, 7) is 2.22. The molecule has 2 heterocycles. The number of nitrogens with zero attached hydrogens (tertiary/aromatic N) is 5. The molecule has 1 aromatic carbocycles. The van der Waals surface area contributed by atoms with Crippen LogP contribution in [0.5, 0.6) is 0 Å². The topological polar surface area (TPSA) is 95.7 Å². The van der Waals surface area contributed by atoms with Gasteiger partial charge in [-0.3, -0.25) is 14.5 Å². The number of rotatable bonds is 5. The molecule has 0 radical (unpaired) electrons. The Morgan fingerprint density at radius 2 is 1.81 bits per heavy atom. The van der Waals surface area contributed by atoms with Crippen molar-refractivity contribution in [2.24, 2.45) is 5.73 Å². The molecule has 1 unspecified atom stereocenters. The largest absolute Gasteiger partial charge is 0.368 e. The van der Waals surface area contributed by atoms with E-state index in [0.29, 0.717) is 37.7 Å². The second-order valence-electron chi connectivity index (χ2n) is 6.80. The van der Waals surface area contributed by atoms with Crippen molar-refractivity contribution in [3.05, 3.63) is 53.9 Å². The molecule has 2 N–H and O–H groups in total. The van der Waals surface area contributed by atoms with E-state index in [0.717, 1.165) is 5.56 Å². The quantitative estimate of drug-likeness (QED) is 0.818. The van der Waals surface area contributed by atoms with Crippen molar-refractivity contribution in [2.75, 3.05) is 38.6 Å². The lowest BCUT2D eigenvalue weighted by molar-refractivity contribution is -0.124. The summed E-state index contributed by atoms with van der Waals surface area (Å²) in [5.74, 6) is -0.263. The van der Waals surface area contributed by atoms with Crippen LogP contribution in [0.15, 0.2) is 42.7 Å². The van der Waals surface area contributed by atoms with Gasteiger partial charge in [-0.1, -0.05) is 30.3 Å². The molecule has 0 aliphatic carbocycles. The Bertz CT molecular complexity index is 794. The number of hydrogen-bond acceptors (Lipinski definition) is 6. The summed E-state index contributed by atoms with van der Waals surface area (Å²) in [7, 11) is 3.65. The Balaban J connectivity index is 1.71. The number of amides is 2. The van der Waals surface area contributed by atoms with Gasteiger partial charge in [0.15, 0.2) is 0 Å². The Morgan fingerprint density at radius 1 is 1.15 bits per heavy atom. The normalized spacial score (nSPS) is 17.6. The van der Waals surface area contributed by atoms with Crippen LogP contribution in [0.25, 0.3) is 0 Å². The van der Waals surface area contributed by atoms with Crippen LogP contribution in [0.4, 0.5) is 5.95 Å². The molecular weight excluding hydrogens is 344 g/mol. The van der Waals surface area contributed by atoms with Crippen LogP contribution in [0.3, 0.4) is 0 Å². The molecular formula is C19H24N6O2. The molecule has 1 aliphatic heterocycles. The van der Waals surface area contributed by atoms with E-state index in [1.807, 2.05) is 44.4 Å². The minimum absolute atomic E-state index is 0.275. The monoisotopic (exact) mass is 368 g/mol. The summed E-state index contributed by atoms with van der Waals surface area (Å²) in [4.78, 5) is 38.6. The molecule has 27 heavy (non-hydrogen) atoms. The minimum atomic E-state index is -0.677. The van der Waals surface area contributed by atoms with E-state index >= 15 is 0 Å². The molecule has 0 bridgehead atoms. The van der Waals surface area contributed by atoms with Crippen LogP contribution in [0.2, 0.25) is 0 Å². The van der Waals surface area contributed by atoms with Crippen molar-refractivity contribution >= 4 is 17.8 Å². The van der Waals surface area contributed by atoms with E-state index in [4.69, 9.17) is 5.73 Å². The summed E-state index contributed by atoms with van der Waals surface area (Å²) in [6, 6.07) is 9.34. The first kappa shape index (κ1) is 18.8. The van der Waals surface area contributed by atoms with Crippen molar-refractivity contribution in [3.63, 3.8) is 0 Å². The van der Waals surface area contributed by atoms with Crippen molar-refractivity contribution in [2.45, 2.75) is 12.6 Å². The van der Waals surface area contributed by atoms with Gasteiger partial charge in [-0.05, 0) is 5.56 Å². The van der Waals surface area contributed by atoms with E-state index < -0.39 is 11.9 Å². The summed E-state index contributed by atoms with van der Waals surface area (Å²) >= 11 is 0. The van der Waals surface area contributed by atoms with Gasteiger partial charge in [0.25, 0.3) is 5.91 Å². The van der Waals surface area contributed by atoms with Crippen molar-refractivity contribution in [1.82, 2.24) is 19.8 Å². The zero-order valence-electron chi connectivity index (χ0n) is 15.6. The lowest BCUT2D eigenvalue weighted by Crippen LogP contribution is -2.59. The molecule has 2 aromatic rings. The average Bonchev–Trinajstić information content (AvgIpc) is 2.68. The van der Waals surface area contributed by atoms with E-state index in [-0.39, 0.29) is 5.91 Å². The number of carbonyl (C=O) groups excluding carboxylic acids is 2. The molecule has 2 amide bonds. The van der Waals surface area contributed by atoms with Crippen molar-refractivity contribution < 1.29 is 9.59 Å². The van der Waals surface area contributed by atoms with Crippen LogP contribution in [0.1, 0.15) is 15.9 Å². The molecule has 8 heteroatoms. The van der Waals surface area contributed by atoms with Crippen LogP contribution in [-0.2, 0) is 11.3 Å². The molecule has 8 nitrogen and oxygen atoms in total. The van der Waals surface area contributed by atoms with E-state index in [9.17, 15) is 9.59 Å². The van der Waals surface area contributed by atoms with Gasteiger partial charge in [0.1, 0.15) is 6.04 Å². The zero-order valence-corrected chi connectivity index (χ0v) is 15.6.